The van der Waals surface area contributed by atoms with Gasteiger partial charge in [0.2, 0.25) is 0 Å². The Bertz CT molecular complexity index is 1160. The first kappa shape index (κ1) is 23.1. The summed E-state index contributed by atoms with van der Waals surface area (Å²) in [7, 11) is 3.08. The minimum atomic E-state index is -0.455. The van der Waals surface area contributed by atoms with Crippen LogP contribution < -0.4 is 20.1 Å². The third-order valence-electron chi connectivity index (χ3n) is 4.64. The van der Waals surface area contributed by atoms with E-state index in [0.29, 0.717) is 32.8 Å². The SMILES string of the molecule is COc1ccc(/C=C(\NC(=O)c2ccccc2Br)C(=O)Nc2ccc(C)cc2)cc1OC. The largest absolute Gasteiger partial charge is 0.493 e. The number of anilines is 1. The number of ether oxygens (including phenoxy) is 2. The second-order valence-corrected chi connectivity index (χ2v) is 7.78. The van der Waals surface area contributed by atoms with Gasteiger partial charge < -0.3 is 20.1 Å². The number of carbonyl (C=O) groups excluding carboxylic acids is 2. The summed E-state index contributed by atoms with van der Waals surface area (Å²) in [6, 6.07) is 19.6. The molecule has 0 fully saturated rings. The summed E-state index contributed by atoms with van der Waals surface area (Å²) in [5.41, 5.74) is 2.84. The highest BCUT2D eigenvalue weighted by atomic mass is 79.9. The minimum absolute atomic E-state index is 0.0820. The van der Waals surface area contributed by atoms with E-state index in [2.05, 4.69) is 26.6 Å². The van der Waals surface area contributed by atoms with Crippen LogP contribution in [0.5, 0.6) is 11.5 Å². The lowest BCUT2D eigenvalue weighted by atomic mass is 10.1. The predicted octanol–water partition coefficient (Wildman–Crippen LogP) is 5.18. The van der Waals surface area contributed by atoms with E-state index in [1.54, 1.807) is 61.7 Å². The van der Waals surface area contributed by atoms with E-state index >= 15 is 0 Å². The van der Waals surface area contributed by atoms with Crippen molar-refractivity contribution in [1.29, 1.82) is 0 Å². The molecule has 2 N–H and O–H groups in total. The predicted molar refractivity (Wildman–Crippen MR) is 129 cm³/mol. The summed E-state index contributed by atoms with van der Waals surface area (Å²) in [6.07, 6.45) is 1.58. The summed E-state index contributed by atoms with van der Waals surface area (Å²) in [5.74, 6) is 0.205. The van der Waals surface area contributed by atoms with Crippen molar-refractivity contribution in [3.05, 3.63) is 93.6 Å². The molecule has 0 bridgehead atoms. The van der Waals surface area contributed by atoms with E-state index in [-0.39, 0.29) is 5.70 Å². The van der Waals surface area contributed by atoms with Crippen molar-refractivity contribution in [1.82, 2.24) is 5.32 Å². The van der Waals surface area contributed by atoms with Crippen molar-refractivity contribution >= 4 is 39.5 Å². The molecule has 0 aliphatic heterocycles. The van der Waals surface area contributed by atoms with Gasteiger partial charge in [-0.3, -0.25) is 9.59 Å². The lowest BCUT2D eigenvalue weighted by Crippen LogP contribution is -2.31. The average molecular weight is 495 g/mol. The van der Waals surface area contributed by atoms with Gasteiger partial charge in [-0.2, -0.15) is 0 Å². The Hall–Kier alpha value is -3.58. The van der Waals surface area contributed by atoms with Gasteiger partial charge in [0.05, 0.1) is 19.8 Å². The summed E-state index contributed by atoms with van der Waals surface area (Å²) >= 11 is 3.37. The van der Waals surface area contributed by atoms with Crippen LogP contribution in [0.2, 0.25) is 0 Å². The van der Waals surface area contributed by atoms with Crippen molar-refractivity contribution in [3.8, 4) is 11.5 Å². The molecular weight excluding hydrogens is 472 g/mol. The van der Waals surface area contributed by atoms with Gasteiger partial charge >= 0.3 is 0 Å². The zero-order chi connectivity index (χ0) is 23.1. The van der Waals surface area contributed by atoms with Crippen molar-refractivity contribution in [2.45, 2.75) is 6.92 Å². The topological polar surface area (TPSA) is 76.7 Å². The van der Waals surface area contributed by atoms with Crippen LogP contribution in [0, 0.1) is 6.92 Å². The van der Waals surface area contributed by atoms with Crippen molar-refractivity contribution in [3.63, 3.8) is 0 Å². The first-order valence-corrected chi connectivity index (χ1v) is 10.6. The molecule has 0 saturated heterocycles. The van der Waals surface area contributed by atoms with E-state index in [1.165, 1.54) is 7.11 Å². The number of nitrogens with one attached hydrogen (secondary N) is 2. The summed E-state index contributed by atoms with van der Waals surface area (Å²) in [5, 5.41) is 5.55. The third-order valence-corrected chi connectivity index (χ3v) is 5.33. The Kier molecular flexibility index (Phi) is 7.68. The van der Waals surface area contributed by atoms with Crippen LogP contribution in [0.25, 0.3) is 6.08 Å². The summed E-state index contributed by atoms with van der Waals surface area (Å²) in [4.78, 5) is 26.0. The molecule has 0 radical (unpaired) electrons. The summed E-state index contributed by atoms with van der Waals surface area (Å²) in [6.45, 7) is 1.96. The van der Waals surface area contributed by atoms with E-state index in [9.17, 15) is 9.59 Å². The Morgan fingerprint density at radius 1 is 0.906 bits per heavy atom. The number of amides is 2. The number of carbonyl (C=O) groups is 2. The average Bonchev–Trinajstić information content (AvgIpc) is 2.80. The lowest BCUT2D eigenvalue weighted by Gasteiger charge is -2.13. The van der Waals surface area contributed by atoms with Gasteiger partial charge in [-0.05, 0) is 70.9 Å². The molecular formula is C25H23BrN2O4. The first-order chi connectivity index (χ1) is 15.4. The van der Waals surface area contributed by atoms with Gasteiger partial charge in [-0.25, -0.2) is 0 Å². The van der Waals surface area contributed by atoms with Gasteiger partial charge in [0.25, 0.3) is 11.8 Å². The minimum Gasteiger partial charge on any atom is -0.493 e. The van der Waals surface area contributed by atoms with Gasteiger partial charge in [-0.1, -0.05) is 35.9 Å². The monoisotopic (exact) mass is 494 g/mol. The highest BCUT2D eigenvalue weighted by Gasteiger charge is 2.17. The van der Waals surface area contributed by atoms with Gasteiger partial charge in [0.15, 0.2) is 11.5 Å². The van der Waals surface area contributed by atoms with Crippen LogP contribution in [-0.2, 0) is 4.79 Å². The van der Waals surface area contributed by atoms with Crippen LogP contribution in [-0.4, -0.2) is 26.0 Å². The highest BCUT2D eigenvalue weighted by Crippen LogP contribution is 2.28. The van der Waals surface area contributed by atoms with Crippen molar-refractivity contribution in [2.24, 2.45) is 0 Å². The standard InChI is InChI=1S/C25H23BrN2O4/c1-16-8-11-18(12-9-16)27-25(30)21(28-24(29)19-6-4-5-7-20(19)26)14-17-10-13-22(31-2)23(15-17)32-3/h4-15H,1-3H3,(H,27,30)(H,28,29)/b21-14-. The number of methoxy groups -OCH3 is 2. The lowest BCUT2D eigenvalue weighted by molar-refractivity contribution is -0.113. The van der Waals surface area contributed by atoms with Crippen molar-refractivity contribution in [2.75, 3.05) is 19.5 Å². The molecule has 0 aliphatic carbocycles. The van der Waals surface area contributed by atoms with E-state index in [0.717, 1.165) is 5.56 Å². The molecule has 3 aromatic rings. The van der Waals surface area contributed by atoms with Crippen molar-refractivity contribution < 1.29 is 19.1 Å². The number of aryl methyl sites for hydroxylation is 1. The van der Waals surface area contributed by atoms with Crippen LogP contribution in [0.4, 0.5) is 5.69 Å². The maximum Gasteiger partial charge on any atom is 0.272 e. The zero-order valence-electron chi connectivity index (χ0n) is 17.9. The molecule has 0 heterocycles. The van der Waals surface area contributed by atoms with E-state index in [1.807, 2.05) is 25.1 Å². The Morgan fingerprint density at radius 2 is 1.59 bits per heavy atom. The molecule has 0 aliphatic rings. The number of benzene rings is 3. The summed E-state index contributed by atoms with van der Waals surface area (Å²) < 4.78 is 11.2. The molecule has 0 spiro atoms. The van der Waals surface area contributed by atoms with Crippen LogP contribution in [0.1, 0.15) is 21.5 Å². The Balaban J connectivity index is 1.95. The molecule has 6 nitrogen and oxygen atoms in total. The van der Waals surface area contributed by atoms with Gasteiger partial charge in [0, 0.05) is 10.2 Å². The molecule has 0 saturated carbocycles. The second-order valence-electron chi connectivity index (χ2n) is 6.93. The molecule has 0 unspecified atom stereocenters. The third kappa shape index (κ3) is 5.76. The number of rotatable bonds is 7. The van der Waals surface area contributed by atoms with Crippen LogP contribution >= 0.6 is 15.9 Å². The van der Waals surface area contributed by atoms with Crippen LogP contribution in [0.3, 0.4) is 0 Å². The molecule has 0 aromatic heterocycles. The van der Waals surface area contributed by atoms with E-state index < -0.39 is 11.8 Å². The fraction of sp³-hybridized carbons (Fsp3) is 0.120. The molecule has 3 aromatic carbocycles. The fourth-order valence-corrected chi connectivity index (χ4v) is 3.40. The molecule has 7 heteroatoms. The normalized spacial score (nSPS) is 10.9. The van der Waals surface area contributed by atoms with Gasteiger partial charge in [-0.15, -0.1) is 0 Å². The second kappa shape index (κ2) is 10.6. The fourth-order valence-electron chi connectivity index (χ4n) is 2.94. The number of hydrogen-bond donors (Lipinski definition) is 2. The van der Waals surface area contributed by atoms with E-state index in [4.69, 9.17) is 9.47 Å². The molecule has 0 atom stereocenters. The van der Waals surface area contributed by atoms with Gasteiger partial charge in [0.1, 0.15) is 5.70 Å². The maximum atomic E-state index is 13.1. The number of hydrogen-bond acceptors (Lipinski definition) is 4. The Morgan fingerprint density at radius 3 is 2.25 bits per heavy atom. The molecule has 32 heavy (non-hydrogen) atoms. The zero-order valence-corrected chi connectivity index (χ0v) is 19.5. The molecule has 3 rings (SSSR count). The highest BCUT2D eigenvalue weighted by molar-refractivity contribution is 9.10. The molecule has 164 valence electrons. The number of halogens is 1. The Labute approximate surface area is 195 Å². The quantitative estimate of drug-likeness (QED) is 0.443. The molecule has 2 amide bonds. The maximum absolute atomic E-state index is 13.1. The smallest absolute Gasteiger partial charge is 0.272 e. The van der Waals surface area contributed by atoms with Crippen LogP contribution in [0.15, 0.2) is 76.9 Å². The first-order valence-electron chi connectivity index (χ1n) is 9.79.